The van der Waals surface area contributed by atoms with Gasteiger partial charge in [-0.05, 0) is 29.0 Å². The summed E-state index contributed by atoms with van der Waals surface area (Å²) < 4.78 is 5.52. The van der Waals surface area contributed by atoms with Crippen molar-refractivity contribution in [3.05, 3.63) is 29.3 Å². The Morgan fingerprint density at radius 1 is 1.24 bits per heavy atom. The fourth-order valence-electron chi connectivity index (χ4n) is 3.43. The molecule has 4 heteroatoms. The highest BCUT2D eigenvalue weighted by Gasteiger charge is 2.67. The van der Waals surface area contributed by atoms with Crippen molar-refractivity contribution in [2.45, 2.75) is 27.7 Å². The van der Waals surface area contributed by atoms with Crippen LogP contribution in [0.5, 0.6) is 5.75 Å². The zero-order valence-corrected chi connectivity index (χ0v) is 12.9. The van der Waals surface area contributed by atoms with Crippen LogP contribution in [0.2, 0.25) is 0 Å². The zero-order valence-electron chi connectivity index (χ0n) is 12.9. The monoisotopic (exact) mass is 287 g/mol. The number of Topliss-reactive ketones (excluding diaryl/α,β-unsaturated/α-hetero) is 1. The van der Waals surface area contributed by atoms with Gasteiger partial charge in [-0.25, -0.2) is 0 Å². The summed E-state index contributed by atoms with van der Waals surface area (Å²) in [6, 6.07) is 5.17. The van der Waals surface area contributed by atoms with Gasteiger partial charge in [-0.15, -0.1) is 0 Å². The van der Waals surface area contributed by atoms with Crippen LogP contribution in [0.1, 0.15) is 48.4 Å². The topological polar surface area (TPSA) is 55.4 Å². The lowest BCUT2D eigenvalue weighted by Gasteiger charge is -2.08. The predicted molar refractivity (Wildman–Crippen MR) is 79.7 cm³/mol. The van der Waals surface area contributed by atoms with E-state index in [4.69, 9.17) is 4.74 Å². The molecule has 4 nitrogen and oxygen atoms in total. The van der Waals surface area contributed by atoms with Crippen molar-refractivity contribution in [2.75, 3.05) is 13.2 Å². The molecular weight excluding hydrogens is 266 g/mol. The number of fused-ring (bicyclic) bond motifs is 1. The molecule has 21 heavy (non-hydrogen) atoms. The van der Waals surface area contributed by atoms with Crippen LogP contribution in [-0.4, -0.2) is 24.8 Å². The molecule has 0 saturated heterocycles. The average Bonchev–Trinajstić information content (AvgIpc) is 2.91. The van der Waals surface area contributed by atoms with Crippen LogP contribution >= 0.6 is 0 Å². The Hall–Kier alpha value is -1.84. The van der Waals surface area contributed by atoms with Crippen LogP contribution in [-0.2, 0) is 0 Å². The fourth-order valence-corrected chi connectivity index (χ4v) is 3.43. The standard InChI is InChI=1S/C17H21NO3/c1-16(2)14(17(16,3)4)13(19)10-5-6-12-11(9-10)15(20)18-7-8-21-12/h5-6,9,14H,7-8H2,1-4H3,(H,18,20). The molecule has 0 bridgehead atoms. The Morgan fingerprint density at radius 2 is 1.90 bits per heavy atom. The summed E-state index contributed by atoms with van der Waals surface area (Å²) in [4.78, 5) is 24.8. The van der Waals surface area contributed by atoms with E-state index < -0.39 is 0 Å². The fraction of sp³-hybridized carbons (Fsp3) is 0.529. The number of benzene rings is 1. The molecule has 1 aliphatic heterocycles. The van der Waals surface area contributed by atoms with Crippen LogP contribution < -0.4 is 10.1 Å². The van der Waals surface area contributed by atoms with E-state index in [1.807, 2.05) is 0 Å². The molecule has 0 atom stereocenters. The predicted octanol–water partition coefficient (Wildman–Crippen LogP) is 2.67. The Labute approximate surface area is 124 Å². The molecule has 1 fully saturated rings. The molecule has 2 aliphatic rings. The van der Waals surface area contributed by atoms with Crippen LogP contribution in [0.15, 0.2) is 18.2 Å². The third kappa shape index (κ3) is 1.96. The van der Waals surface area contributed by atoms with Crippen LogP contribution in [0.4, 0.5) is 0 Å². The van der Waals surface area contributed by atoms with Gasteiger partial charge in [0.25, 0.3) is 5.91 Å². The van der Waals surface area contributed by atoms with Crippen LogP contribution in [0.3, 0.4) is 0 Å². The minimum atomic E-state index is -0.175. The number of ether oxygens (including phenoxy) is 1. The maximum Gasteiger partial charge on any atom is 0.255 e. The lowest BCUT2D eigenvalue weighted by molar-refractivity contribution is 0.0945. The number of hydrogen-bond donors (Lipinski definition) is 1. The highest BCUT2D eigenvalue weighted by Crippen LogP contribution is 2.69. The van der Waals surface area contributed by atoms with Gasteiger partial charge < -0.3 is 10.1 Å². The molecule has 1 aromatic rings. The summed E-state index contributed by atoms with van der Waals surface area (Å²) in [6.45, 7) is 9.42. The third-order valence-electron chi connectivity index (χ3n) is 5.44. The molecule has 1 aliphatic carbocycles. The second kappa shape index (κ2) is 4.33. The highest BCUT2D eigenvalue weighted by atomic mass is 16.5. The first kappa shape index (κ1) is 14.1. The van der Waals surface area contributed by atoms with Crippen molar-refractivity contribution in [1.29, 1.82) is 0 Å². The summed E-state index contributed by atoms with van der Waals surface area (Å²) in [5.41, 5.74) is 1.04. The van der Waals surface area contributed by atoms with E-state index in [2.05, 4.69) is 33.0 Å². The molecule has 1 amide bonds. The molecule has 1 aromatic carbocycles. The molecule has 1 N–H and O–H groups in total. The van der Waals surface area contributed by atoms with Gasteiger partial charge in [0.05, 0.1) is 12.1 Å². The summed E-state index contributed by atoms with van der Waals surface area (Å²) >= 11 is 0. The summed E-state index contributed by atoms with van der Waals surface area (Å²) in [7, 11) is 0. The Balaban J connectivity index is 1.95. The summed E-state index contributed by atoms with van der Waals surface area (Å²) in [5, 5.41) is 2.77. The second-order valence-corrected chi connectivity index (χ2v) is 7.06. The van der Waals surface area contributed by atoms with Crippen LogP contribution in [0.25, 0.3) is 0 Å². The molecule has 1 saturated carbocycles. The van der Waals surface area contributed by atoms with E-state index in [9.17, 15) is 9.59 Å². The molecule has 3 rings (SSSR count). The molecular formula is C17H21NO3. The van der Waals surface area contributed by atoms with Gasteiger partial charge in [0.1, 0.15) is 12.4 Å². The van der Waals surface area contributed by atoms with Crippen molar-refractivity contribution in [2.24, 2.45) is 16.7 Å². The molecule has 0 spiro atoms. The van der Waals surface area contributed by atoms with E-state index in [-0.39, 0.29) is 28.4 Å². The Kier molecular flexibility index (Phi) is 2.91. The largest absolute Gasteiger partial charge is 0.491 e. The first-order chi connectivity index (χ1) is 9.76. The summed E-state index contributed by atoms with van der Waals surface area (Å²) in [5.74, 6) is 0.491. The number of nitrogens with one attached hydrogen (secondary N) is 1. The molecule has 112 valence electrons. The van der Waals surface area contributed by atoms with E-state index >= 15 is 0 Å². The van der Waals surface area contributed by atoms with Crippen molar-refractivity contribution in [1.82, 2.24) is 5.32 Å². The van der Waals surface area contributed by atoms with Gasteiger partial charge in [-0.3, -0.25) is 9.59 Å². The normalized spacial score (nSPS) is 22.6. The number of amides is 1. The lowest BCUT2D eigenvalue weighted by atomic mass is 9.99. The minimum Gasteiger partial charge on any atom is -0.491 e. The van der Waals surface area contributed by atoms with Crippen molar-refractivity contribution < 1.29 is 14.3 Å². The number of rotatable bonds is 2. The van der Waals surface area contributed by atoms with Gasteiger partial charge in [-0.1, -0.05) is 27.7 Å². The van der Waals surface area contributed by atoms with Crippen molar-refractivity contribution in [3.63, 3.8) is 0 Å². The molecule has 0 unspecified atom stereocenters. The average molecular weight is 287 g/mol. The number of ketones is 1. The number of hydrogen-bond acceptors (Lipinski definition) is 3. The van der Waals surface area contributed by atoms with E-state index in [1.54, 1.807) is 18.2 Å². The van der Waals surface area contributed by atoms with Crippen molar-refractivity contribution >= 4 is 11.7 Å². The van der Waals surface area contributed by atoms with E-state index in [0.717, 1.165) is 0 Å². The first-order valence-corrected chi connectivity index (χ1v) is 7.36. The van der Waals surface area contributed by atoms with E-state index in [1.165, 1.54) is 0 Å². The van der Waals surface area contributed by atoms with Crippen LogP contribution in [0, 0.1) is 16.7 Å². The highest BCUT2D eigenvalue weighted by molar-refractivity contribution is 6.05. The third-order valence-corrected chi connectivity index (χ3v) is 5.44. The number of carbonyl (C=O) groups excluding carboxylic acids is 2. The SMILES string of the molecule is CC1(C)C(C(=O)c2ccc3c(c2)C(=O)NCCO3)C1(C)C. The van der Waals surface area contributed by atoms with Gasteiger partial charge in [-0.2, -0.15) is 0 Å². The molecule has 0 radical (unpaired) electrons. The van der Waals surface area contributed by atoms with E-state index in [0.29, 0.717) is 30.0 Å². The second-order valence-electron chi connectivity index (χ2n) is 7.06. The van der Waals surface area contributed by atoms with Gasteiger partial charge in [0.15, 0.2) is 5.78 Å². The Bertz CT molecular complexity index is 617. The van der Waals surface area contributed by atoms with Gasteiger partial charge in [0.2, 0.25) is 0 Å². The van der Waals surface area contributed by atoms with Crippen molar-refractivity contribution in [3.8, 4) is 5.75 Å². The summed E-state index contributed by atoms with van der Waals surface area (Å²) in [6.07, 6.45) is 0. The lowest BCUT2D eigenvalue weighted by Crippen LogP contribution is -2.24. The quantitative estimate of drug-likeness (QED) is 0.851. The number of carbonyl (C=O) groups is 2. The Morgan fingerprint density at radius 3 is 2.52 bits per heavy atom. The maximum absolute atomic E-state index is 12.7. The van der Waals surface area contributed by atoms with Gasteiger partial charge in [0, 0.05) is 11.5 Å². The van der Waals surface area contributed by atoms with Gasteiger partial charge >= 0.3 is 0 Å². The zero-order chi connectivity index (χ0) is 15.4. The maximum atomic E-state index is 12.7. The first-order valence-electron chi connectivity index (χ1n) is 7.36. The minimum absolute atomic E-state index is 0.00203. The smallest absolute Gasteiger partial charge is 0.255 e. The molecule has 0 aromatic heterocycles. The molecule has 1 heterocycles.